The third-order valence-corrected chi connectivity index (χ3v) is 4.81. The van der Waals surface area contributed by atoms with E-state index in [-0.39, 0.29) is 35.3 Å². The molecule has 0 bridgehead atoms. The zero-order valence-electron chi connectivity index (χ0n) is 9.47. The minimum absolute atomic E-state index is 0. The van der Waals surface area contributed by atoms with Crippen LogP contribution in [0.2, 0.25) is 0 Å². The van der Waals surface area contributed by atoms with E-state index in [1.807, 2.05) is 0 Å². The monoisotopic (exact) mass is 284 g/mol. The van der Waals surface area contributed by atoms with Crippen LogP contribution in [-0.2, 0) is 11.1 Å². The van der Waals surface area contributed by atoms with Crippen molar-refractivity contribution < 1.29 is 38.3 Å². The zero-order valence-corrected chi connectivity index (χ0v) is 13.9. The van der Waals surface area contributed by atoms with Crippen LogP contribution in [0.3, 0.4) is 0 Å². The smallest absolute Gasteiger partial charge is 0.772 e. The fourth-order valence-corrected chi connectivity index (χ4v) is 3.58. The van der Waals surface area contributed by atoms with Gasteiger partial charge < -0.3 is 4.55 Å². The fourth-order valence-electron chi connectivity index (χ4n) is 0.939. The molecule has 0 N–H and O–H groups in total. The van der Waals surface area contributed by atoms with Crippen LogP contribution in [0.25, 0.3) is 0 Å². The molecule has 0 radical (unpaired) electrons. The zero-order chi connectivity index (χ0) is 11.1. The predicted molar refractivity (Wildman–Crippen MR) is 67.9 cm³/mol. The van der Waals surface area contributed by atoms with Crippen LogP contribution >= 0.6 is 21.6 Å². The number of hydrogen-bond donors (Lipinski definition) is 0. The summed E-state index contributed by atoms with van der Waals surface area (Å²) >= 11 is -1.89. The second kappa shape index (κ2) is 10.00. The van der Waals surface area contributed by atoms with E-state index in [9.17, 15) is 8.76 Å². The van der Waals surface area contributed by atoms with Crippen molar-refractivity contribution in [1.29, 1.82) is 0 Å². The van der Waals surface area contributed by atoms with E-state index in [1.165, 1.54) is 10.5 Å². The summed E-state index contributed by atoms with van der Waals surface area (Å²) in [5.74, 6) is 1.13. The quantitative estimate of drug-likeness (QED) is 0.319. The number of aryl methyl sites for hydroxylation is 1. The maximum atomic E-state index is 10.3. The van der Waals surface area contributed by atoms with Gasteiger partial charge in [0.25, 0.3) is 0 Å². The molecule has 2 nitrogen and oxygen atoms in total. The SMILES string of the molecule is Cc1ccc(SSCCCS(=O)[O-])cc1.[Na+]. The normalized spacial score (nSPS) is 11.9. The molecule has 6 heteroatoms. The Balaban J connectivity index is 0.00000225. The van der Waals surface area contributed by atoms with E-state index in [0.29, 0.717) is 0 Å². The Kier molecular flexibility index (Phi) is 10.6. The maximum absolute atomic E-state index is 10.3. The van der Waals surface area contributed by atoms with E-state index >= 15 is 0 Å². The first-order valence-electron chi connectivity index (χ1n) is 4.60. The van der Waals surface area contributed by atoms with Crippen molar-refractivity contribution in [2.45, 2.75) is 18.2 Å². The van der Waals surface area contributed by atoms with E-state index in [2.05, 4.69) is 31.2 Å². The molecule has 0 spiro atoms. The second-order valence-corrected chi connectivity index (χ2v) is 6.58. The Morgan fingerprint density at radius 1 is 1.31 bits per heavy atom. The van der Waals surface area contributed by atoms with Gasteiger partial charge in [0.1, 0.15) is 0 Å². The summed E-state index contributed by atoms with van der Waals surface area (Å²) in [4.78, 5) is 1.22. The molecular weight excluding hydrogens is 271 g/mol. The molecule has 84 valence electrons. The molecule has 0 fully saturated rings. The van der Waals surface area contributed by atoms with Crippen LogP contribution in [0.1, 0.15) is 12.0 Å². The van der Waals surface area contributed by atoms with Crippen LogP contribution in [0.4, 0.5) is 0 Å². The minimum atomic E-state index is -1.89. The molecule has 0 saturated carbocycles. The molecule has 16 heavy (non-hydrogen) atoms. The summed E-state index contributed by atoms with van der Waals surface area (Å²) in [5, 5.41) is 0. The van der Waals surface area contributed by atoms with Crippen molar-refractivity contribution in [3.05, 3.63) is 29.8 Å². The van der Waals surface area contributed by atoms with Crippen molar-refractivity contribution >= 4 is 32.7 Å². The van der Waals surface area contributed by atoms with Gasteiger partial charge in [-0.1, -0.05) is 50.4 Å². The predicted octanol–water partition coefficient (Wildman–Crippen LogP) is 0.00852. The van der Waals surface area contributed by atoms with E-state index in [0.717, 1.165) is 12.2 Å². The maximum Gasteiger partial charge on any atom is 1.00 e. The molecule has 0 aliphatic heterocycles. The average Bonchev–Trinajstić information content (AvgIpc) is 2.20. The van der Waals surface area contributed by atoms with Crippen molar-refractivity contribution in [2.24, 2.45) is 0 Å². The van der Waals surface area contributed by atoms with Crippen LogP contribution < -0.4 is 29.6 Å². The van der Waals surface area contributed by atoms with Crippen molar-refractivity contribution in [2.75, 3.05) is 11.5 Å². The summed E-state index contributed by atoms with van der Waals surface area (Å²) in [6, 6.07) is 8.32. The summed E-state index contributed by atoms with van der Waals surface area (Å²) in [6.45, 7) is 2.06. The Morgan fingerprint density at radius 3 is 2.50 bits per heavy atom. The van der Waals surface area contributed by atoms with Crippen molar-refractivity contribution in [1.82, 2.24) is 0 Å². The first-order chi connectivity index (χ1) is 7.18. The molecule has 0 heterocycles. The van der Waals surface area contributed by atoms with Crippen LogP contribution in [-0.4, -0.2) is 20.3 Å². The standard InChI is InChI=1S/C10H14O2S3.Na/c1-9-3-5-10(6-4-9)14-13-7-2-8-15(11)12;/h3-6H,2,7-8H2,1H3,(H,11,12);/q;+1/p-1. The third kappa shape index (κ3) is 8.17. The van der Waals surface area contributed by atoms with Gasteiger partial charge in [-0.3, -0.25) is 4.21 Å². The van der Waals surface area contributed by atoms with E-state index in [4.69, 9.17) is 0 Å². The summed E-state index contributed by atoms with van der Waals surface area (Å²) in [5.41, 5.74) is 1.26. The number of benzene rings is 1. The molecule has 1 rings (SSSR count). The fraction of sp³-hybridized carbons (Fsp3) is 0.400. The Hall–Kier alpha value is 1.03. The topological polar surface area (TPSA) is 40.1 Å². The van der Waals surface area contributed by atoms with Gasteiger partial charge in [0, 0.05) is 16.4 Å². The summed E-state index contributed by atoms with van der Waals surface area (Å²) < 4.78 is 20.5. The molecule has 0 saturated heterocycles. The molecule has 1 aromatic carbocycles. The minimum Gasteiger partial charge on any atom is -0.772 e. The molecular formula is C10H13NaO2S3. The van der Waals surface area contributed by atoms with Crippen LogP contribution in [0.5, 0.6) is 0 Å². The van der Waals surface area contributed by atoms with E-state index in [1.54, 1.807) is 21.6 Å². The molecule has 1 aromatic rings. The number of rotatable bonds is 6. The summed E-state index contributed by atoms with van der Waals surface area (Å²) in [7, 11) is 3.39. The number of hydrogen-bond acceptors (Lipinski definition) is 4. The molecule has 1 unspecified atom stereocenters. The van der Waals surface area contributed by atoms with Gasteiger partial charge in [0.15, 0.2) is 0 Å². The average molecular weight is 284 g/mol. The van der Waals surface area contributed by atoms with Gasteiger partial charge in [-0.05, 0) is 25.5 Å². The first-order valence-corrected chi connectivity index (χ1v) is 8.17. The van der Waals surface area contributed by atoms with Crippen LogP contribution in [0, 0.1) is 6.92 Å². The summed E-state index contributed by atoms with van der Waals surface area (Å²) in [6.07, 6.45) is 0.722. The Bertz CT molecular complexity index is 316. The van der Waals surface area contributed by atoms with Gasteiger partial charge in [0.2, 0.25) is 0 Å². The Morgan fingerprint density at radius 2 is 1.94 bits per heavy atom. The Labute approximate surface area is 129 Å². The molecule has 0 aliphatic rings. The second-order valence-electron chi connectivity index (χ2n) is 3.08. The largest absolute Gasteiger partial charge is 1.00 e. The molecule has 1 atom stereocenters. The van der Waals surface area contributed by atoms with Gasteiger partial charge in [-0.2, -0.15) is 0 Å². The molecule has 0 aliphatic carbocycles. The van der Waals surface area contributed by atoms with Gasteiger partial charge >= 0.3 is 29.6 Å². The van der Waals surface area contributed by atoms with Crippen LogP contribution in [0.15, 0.2) is 29.2 Å². The van der Waals surface area contributed by atoms with Gasteiger partial charge in [-0.25, -0.2) is 0 Å². The molecule has 0 amide bonds. The van der Waals surface area contributed by atoms with Gasteiger partial charge in [0.05, 0.1) is 0 Å². The van der Waals surface area contributed by atoms with Gasteiger partial charge in [-0.15, -0.1) is 0 Å². The van der Waals surface area contributed by atoms with Crippen molar-refractivity contribution in [3.63, 3.8) is 0 Å². The van der Waals surface area contributed by atoms with Crippen molar-refractivity contribution in [3.8, 4) is 0 Å². The molecule has 0 aromatic heterocycles. The van der Waals surface area contributed by atoms with E-state index < -0.39 is 11.1 Å². The third-order valence-electron chi connectivity index (χ3n) is 1.71. The first kappa shape index (κ1) is 17.0.